The summed E-state index contributed by atoms with van der Waals surface area (Å²) in [4.78, 5) is 24.1. The molecule has 0 saturated heterocycles. The van der Waals surface area contributed by atoms with E-state index < -0.39 is 11.8 Å². The summed E-state index contributed by atoms with van der Waals surface area (Å²) in [6, 6.07) is 14.2. The number of carbonyl (C=O) groups excluding carboxylic acids is 2. The molecule has 25 heavy (non-hydrogen) atoms. The van der Waals surface area contributed by atoms with Gasteiger partial charge in [0.25, 0.3) is 0 Å². The van der Waals surface area contributed by atoms with Crippen LogP contribution < -0.4 is 10.6 Å². The summed E-state index contributed by atoms with van der Waals surface area (Å²) >= 11 is 0. The van der Waals surface area contributed by atoms with Crippen LogP contribution in [0.5, 0.6) is 5.75 Å². The Labute approximate surface area is 148 Å². The first-order valence-corrected chi connectivity index (χ1v) is 8.24. The van der Waals surface area contributed by atoms with Crippen molar-refractivity contribution >= 4 is 17.5 Å². The molecule has 0 aromatic heterocycles. The topological polar surface area (TPSA) is 78.4 Å². The standard InChI is InChI=1S/C20H24N2O3/c1-20(2,3)16-6-4-5-7-17(16)22-19(25)18(24)21-13-12-14-8-10-15(23)11-9-14/h4-11,23H,12-13H2,1-3H3,(H,21,24)(H,22,25). The van der Waals surface area contributed by atoms with Gasteiger partial charge < -0.3 is 15.7 Å². The molecule has 0 unspecified atom stereocenters. The van der Waals surface area contributed by atoms with Gasteiger partial charge in [0.15, 0.2) is 0 Å². The number of nitrogens with one attached hydrogen (secondary N) is 2. The molecule has 132 valence electrons. The molecule has 5 nitrogen and oxygen atoms in total. The Balaban J connectivity index is 1.91. The molecule has 2 amide bonds. The van der Waals surface area contributed by atoms with E-state index in [4.69, 9.17) is 0 Å². The maximum Gasteiger partial charge on any atom is 0.313 e. The van der Waals surface area contributed by atoms with Gasteiger partial charge in [-0.2, -0.15) is 0 Å². The van der Waals surface area contributed by atoms with Crippen LogP contribution in [0.1, 0.15) is 31.9 Å². The summed E-state index contributed by atoms with van der Waals surface area (Å²) in [7, 11) is 0. The first kappa shape index (κ1) is 18.5. The maximum absolute atomic E-state index is 12.1. The minimum atomic E-state index is -0.678. The third-order valence-electron chi connectivity index (χ3n) is 3.83. The molecule has 0 radical (unpaired) electrons. The number of aromatic hydroxyl groups is 1. The number of hydrogen-bond acceptors (Lipinski definition) is 3. The van der Waals surface area contributed by atoms with E-state index in [-0.39, 0.29) is 11.2 Å². The molecule has 5 heteroatoms. The largest absolute Gasteiger partial charge is 0.508 e. The zero-order chi connectivity index (χ0) is 18.4. The van der Waals surface area contributed by atoms with Crippen molar-refractivity contribution in [2.45, 2.75) is 32.6 Å². The van der Waals surface area contributed by atoms with E-state index >= 15 is 0 Å². The molecule has 3 N–H and O–H groups in total. The summed E-state index contributed by atoms with van der Waals surface area (Å²) in [5.41, 5.74) is 2.45. The quantitative estimate of drug-likeness (QED) is 0.749. The first-order chi connectivity index (χ1) is 11.8. The van der Waals surface area contributed by atoms with E-state index in [0.717, 1.165) is 11.1 Å². The van der Waals surface area contributed by atoms with Crippen molar-refractivity contribution in [1.29, 1.82) is 0 Å². The van der Waals surface area contributed by atoms with E-state index in [1.807, 2.05) is 18.2 Å². The van der Waals surface area contributed by atoms with Crippen LogP contribution in [0.25, 0.3) is 0 Å². The summed E-state index contributed by atoms with van der Waals surface area (Å²) in [5.74, 6) is -1.14. The fraction of sp³-hybridized carbons (Fsp3) is 0.300. The Kier molecular flexibility index (Phi) is 5.80. The SMILES string of the molecule is CC(C)(C)c1ccccc1NC(=O)C(=O)NCCc1ccc(O)cc1. The highest BCUT2D eigenvalue weighted by Gasteiger charge is 2.20. The molecule has 2 aromatic carbocycles. The van der Waals surface area contributed by atoms with E-state index in [2.05, 4.69) is 31.4 Å². The molecule has 0 atom stereocenters. The molecule has 2 aromatic rings. The molecule has 0 heterocycles. The van der Waals surface area contributed by atoms with Crippen molar-refractivity contribution in [1.82, 2.24) is 5.32 Å². The number of amides is 2. The highest BCUT2D eigenvalue weighted by molar-refractivity contribution is 6.39. The fourth-order valence-electron chi connectivity index (χ4n) is 2.49. The van der Waals surface area contributed by atoms with Gasteiger partial charge in [0.1, 0.15) is 5.75 Å². The normalized spacial score (nSPS) is 11.0. The number of phenols is 1. The fourth-order valence-corrected chi connectivity index (χ4v) is 2.49. The van der Waals surface area contributed by atoms with Crippen LogP contribution in [0.3, 0.4) is 0 Å². The Morgan fingerprint density at radius 2 is 1.60 bits per heavy atom. The Morgan fingerprint density at radius 1 is 0.960 bits per heavy atom. The van der Waals surface area contributed by atoms with Gasteiger partial charge in [-0.05, 0) is 41.2 Å². The predicted molar refractivity (Wildman–Crippen MR) is 98.6 cm³/mol. The first-order valence-electron chi connectivity index (χ1n) is 8.24. The number of para-hydroxylation sites is 1. The number of hydrogen-bond donors (Lipinski definition) is 3. The highest BCUT2D eigenvalue weighted by atomic mass is 16.3. The number of carbonyl (C=O) groups is 2. The summed E-state index contributed by atoms with van der Waals surface area (Å²) in [6.45, 7) is 6.50. The van der Waals surface area contributed by atoms with Gasteiger partial charge in [-0.1, -0.05) is 51.1 Å². The van der Waals surface area contributed by atoms with Gasteiger partial charge >= 0.3 is 11.8 Å². The zero-order valence-electron chi connectivity index (χ0n) is 14.8. The number of rotatable bonds is 4. The number of benzene rings is 2. The van der Waals surface area contributed by atoms with Crippen molar-refractivity contribution in [3.8, 4) is 5.75 Å². The minimum Gasteiger partial charge on any atom is -0.508 e. The number of phenolic OH excluding ortho intramolecular Hbond substituents is 1. The zero-order valence-corrected chi connectivity index (χ0v) is 14.8. The maximum atomic E-state index is 12.1. The lowest BCUT2D eigenvalue weighted by Gasteiger charge is -2.22. The molecule has 0 fully saturated rings. The lowest BCUT2D eigenvalue weighted by Crippen LogP contribution is -2.37. The van der Waals surface area contributed by atoms with Gasteiger partial charge in [-0.25, -0.2) is 0 Å². The van der Waals surface area contributed by atoms with Crippen molar-refractivity contribution in [2.75, 3.05) is 11.9 Å². The van der Waals surface area contributed by atoms with Crippen molar-refractivity contribution in [3.05, 3.63) is 59.7 Å². The van der Waals surface area contributed by atoms with E-state index in [1.54, 1.807) is 30.3 Å². The molecule has 2 rings (SSSR count). The second-order valence-corrected chi connectivity index (χ2v) is 6.92. The molecule has 0 saturated carbocycles. The molecule has 0 aliphatic carbocycles. The van der Waals surface area contributed by atoms with Crippen LogP contribution in [0.15, 0.2) is 48.5 Å². The Morgan fingerprint density at radius 3 is 2.24 bits per heavy atom. The molecule has 0 aliphatic rings. The summed E-state index contributed by atoms with van der Waals surface area (Å²) in [6.07, 6.45) is 0.581. The third kappa shape index (κ3) is 5.35. The summed E-state index contributed by atoms with van der Waals surface area (Å²) < 4.78 is 0. The van der Waals surface area contributed by atoms with Crippen molar-refractivity contribution < 1.29 is 14.7 Å². The Hall–Kier alpha value is -2.82. The van der Waals surface area contributed by atoms with Crippen LogP contribution in [0, 0.1) is 0 Å². The second kappa shape index (κ2) is 7.83. The van der Waals surface area contributed by atoms with Crippen LogP contribution in [-0.4, -0.2) is 23.5 Å². The third-order valence-corrected chi connectivity index (χ3v) is 3.83. The van der Waals surface area contributed by atoms with Gasteiger partial charge in [0.05, 0.1) is 0 Å². The van der Waals surface area contributed by atoms with Gasteiger partial charge in [0, 0.05) is 12.2 Å². The smallest absolute Gasteiger partial charge is 0.313 e. The molecular formula is C20H24N2O3. The predicted octanol–water partition coefficient (Wildman–Crippen LogP) is 2.99. The van der Waals surface area contributed by atoms with Crippen LogP contribution >= 0.6 is 0 Å². The average molecular weight is 340 g/mol. The highest BCUT2D eigenvalue weighted by Crippen LogP contribution is 2.29. The van der Waals surface area contributed by atoms with Crippen LogP contribution in [-0.2, 0) is 21.4 Å². The van der Waals surface area contributed by atoms with E-state index in [9.17, 15) is 14.7 Å². The van der Waals surface area contributed by atoms with Gasteiger partial charge in [-0.3, -0.25) is 9.59 Å². The summed E-state index contributed by atoms with van der Waals surface area (Å²) in [5, 5.41) is 14.5. The molecular weight excluding hydrogens is 316 g/mol. The van der Waals surface area contributed by atoms with Crippen LogP contribution in [0.2, 0.25) is 0 Å². The second-order valence-electron chi connectivity index (χ2n) is 6.92. The average Bonchev–Trinajstić information content (AvgIpc) is 2.56. The van der Waals surface area contributed by atoms with Gasteiger partial charge in [0.2, 0.25) is 0 Å². The number of anilines is 1. The van der Waals surface area contributed by atoms with Crippen molar-refractivity contribution in [2.24, 2.45) is 0 Å². The lowest BCUT2D eigenvalue weighted by atomic mass is 9.86. The monoisotopic (exact) mass is 340 g/mol. The Bertz CT molecular complexity index is 746. The van der Waals surface area contributed by atoms with E-state index in [1.165, 1.54) is 0 Å². The van der Waals surface area contributed by atoms with Crippen molar-refractivity contribution in [3.63, 3.8) is 0 Å². The molecule has 0 bridgehead atoms. The molecule has 0 aliphatic heterocycles. The van der Waals surface area contributed by atoms with Gasteiger partial charge in [-0.15, -0.1) is 0 Å². The lowest BCUT2D eigenvalue weighted by molar-refractivity contribution is -0.136. The van der Waals surface area contributed by atoms with Crippen LogP contribution in [0.4, 0.5) is 5.69 Å². The minimum absolute atomic E-state index is 0.140. The van der Waals surface area contributed by atoms with E-state index in [0.29, 0.717) is 18.7 Å². The molecule has 0 spiro atoms.